The van der Waals surface area contributed by atoms with Gasteiger partial charge in [-0.1, -0.05) is 47.5 Å². The monoisotopic (exact) mass is 393 g/mol. The third kappa shape index (κ3) is 6.33. The summed E-state index contributed by atoms with van der Waals surface area (Å²) in [5, 5.41) is 6.71. The Morgan fingerprint density at radius 1 is 1.04 bits per heavy atom. The fourth-order valence-corrected chi connectivity index (χ4v) is 2.83. The van der Waals surface area contributed by atoms with E-state index in [0.717, 1.165) is 5.56 Å². The van der Waals surface area contributed by atoms with Crippen LogP contribution < -0.4 is 10.6 Å². The van der Waals surface area contributed by atoms with Crippen LogP contribution in [0.4, 0.5) is 5.69 Å². The second kappa shape index (κ2) is 9.57. The van der Waals surface area contributed by atoms with Gasteiger partial charge in [0.1, 0.15) is 0 Å². The zero-order valence-corrected chi connectivity index (χ0v) is 16.1. The molecule has 26 heavy (non-hydrogen) atoms. The smallest absolute Gasteiger partial charge is 0.238 e. The number of carbonyl (C=O) groups excluding carboxylic acids is 2. The number of nitrogens with one attached hydrogen (secondary N) is 2. The van der Waals surface area contributed by atoms with Gasteiger partial charge in [-0.25, -0.2) is 0 Å². The number of carbonyl (C=O) groups is 2. The van der Waals surface area contributed by atoms with Gasteiger partial charge in [-0.3, -0.25) is 14.5 Å². The van der Waals surface area contributed by atoms with Crippen molar-refractivity contribution in [3.63, 3.8) is 0 Å². The molecule has 0 aliphatic heterocycles. The van der Waals surface area contributed by atoms with Crippen LogP contribution in [0.25, 0.3) is 0 Å². The van der Waals surface area contributed by atoms with E-state index in [0.29, 0.717) is 15.7 Å². The minimum Gasteiger partial charge on any atom is -0.348 e. The molecule has 5 nitrogen and oxygen atoms in total. The molecule has 0 aromatic heterocycles. The molecule has 0 spiro atoms. The molecule has 2 N–H and O–H groups in total. The highest BCUT2D eigenvalue weighted by molar-refractivity contribution is 6.33. The molecular weight excluding hydrogens is 373 g/mol. The van der Waals surface area contributed by atoms with Crippen molar-refractivity contribution in [2.24, 2.45) is 0 Å². The molecule has 2 amide bonds. The number of anilines is 1. The Balaban J connectivity index is 1.81. The summed E-state index contributed by atoms with van der Waals surface area (Å²) in [4.78, 5) is 25.9. The van der Waals surface area contributed by atoms with Crippen LogP contribution in [0.15, 0.2) is 48.5 Å². The van der Waals surface area contributed by atoms with E-state index in [1.54, 1.807) is 42.3 Å². The zero-order valence-electron chi connectivity index (χ0n) is 14.6. The Hall–Kier alpha value is -2.08. The minimum atomic E-state index is -0.240. The summed E-state index contributed by atoms with van der Waals surface area (Å²) in [6.07, 6.45) is 0. The zero-order chi connectivity index (χ0) is 19.1. The number of hydrogen-bond donors (Lipinski definition) is 2. The van der Waals surface area contributed by atoms with Crippen LogP contribution in [0, 0.1) is 0 Å². The van der Waals surface area contributed by atoms with E-state index in [1.807, 2.05) is 25.1 Å². The van der Waals surface area contributed by atoms with Crippen LogP contribution in [0.3, 0.4) is 0 Å². The Kier molecular flexibility index (Phi) is 7.45. The number of halogens is 2. The lowest BCUT2D eigenvalue weighted by atomic mass is 10.1. The molecule has 0 fully saturated rings. The first-order valence-corrected chi connectivity index (χ1v) is 8.88. The maximum atomic E-state index is 12.2. The van der Waals surface area contributed by atoms with E-state index in [4.69, 9.17) is 23.2 Å². The largest absolute Gasteiger partial charge is 0.348 e. The highest BCUT2D eigenvalue weighted by Crippen LogP contribution is 2.20. The molecule has 2 rings (SSSR count). The quantitative estimate of drug-likeness (QED) is 0.752. The third-order valence-electron chi connectivity index (χ3n) is 3.70. The normalized spacial score (nSPS) is 11.9. The molecule has 0 aliphatic rings. The first kappa shape index (κ1) is 20.2. The van der Waals surface area contributed by atoms with Crippen LogP contribution in [0.5, 0.6) is 0 Å². The predicted molar refractivity (Wildman–Crippen MR) is 106 cm³/mol. The highest BCUT2D eigenvalue weighted by Gasteiger charge is 2.14. The van der Waals surface area contributed by atoms with E-state index in [1.165, 1.54) is 0 Å². The fraction of sp³-hybridized carbons (Fsp3) is 0.263. The van der Waals surface area contributed by atoms with Crippen LogP contribution in [-0.4, -0.2) is 36.9 Å². The standard InChI is InChI=1S/C19H21Cl2N3O2/c1-13(14-6-5-7-15(20)10-14)22-18(25)11-24(2)12-19(26)23-17-9-4-3-8-16(17)21/h3-10,13H,11-12H2,1-2H3,(H,22,25)(H,23,26). The van der Waals surface area contributed by atoms with Gasteiger partial charge in [0.2, 0.25) is 11.8 Å². The SMILES string of the molecule is CC(NC(=O)CN(C)CC(=O)Nc1ccccc1Cl)c1cccc(Cl)c1. The molecule has 0 bridgehead atoms. The Labute approximate surface area is 163 Å². The maximum Gasteiger partial charge on any atom is 0.238 e. The molecule has 0 radical (unpaired) electrons. The topological polar surface area (TPSA) is 61.4 Å². The summed E-state index contributed by atoms with van der Waals surface area (Å²) in [5.74, 6) is -0.415. The summed E-state index contributed by atoms with van der Waals surface area (Å²) >= 11 is 12.0. The second-order valence-corrected chi connectivity index (χ2v) is 6.89. The highest BCUT2D eigenvalue weighted by atomic mass is 35.5. The maximum absolute atomic E-state index is 12.2. The average Bonchev–Trinajstić information content (AvgIpc) is 2.56. The van der Waals surface area contributed by atoms with Gasteiger partial charge >= 0.3 is 0 Å². The van der Waals surface area contributed by atoms with E-state index < -0.39 is 0 Å². The van der Waals surface area contributed by atoms with Crippen molar-refractivity contribution in [3.8, 4) is 0 Å². The first-order valence-electron chi connectivity index (χ1n) is 8.13. The van der Waals surface area contributed by atoms with Gasteiger partial charge in [-0.05, 0) is 43.8 Å². The summed E-state index contributed by atoms with van der Waals surface area (Å²) in [5.41, 5.74) is 1.47. The van der Waals surface area contributed by atoms with Crippen molar-refractivity contribution in [3.05, 3.63) is 64.1 Å². The molecule has 138 valence electrons. The Morgan fingerprint density at radius 3 is 2.42 bits per heavy atom. The minimum absolute atomic E-state index is 0.0736. The lowest BCUT2D eigenvalue weighted by molar-refractivity contribution is -0.123. The van der Waals surface area contributed by atoms with Gasteiger partial charge in [-0.2, -0.15) is 0 Å². The van der Waals surface area contributed by atoms with Crippen LogP contribution in [0.1, 0.15) is 18.5 Å². The molecule has 0 heterocycles. The second-order valence-electron chi connectivity index (χ2n) is 6.04. The van der Waals surface area contributed by atoms with Gasteiger partial charge in [0.25, 0.3) is 0 Å². The average molecular weight is 394 g/mol. The Bertz CT molecular complexity index is 783. The number of rotatable bonds is 7. The lowest BCUT2D eigenvalue weighted by Gasteiger charge is -2.19. The van der Waals surface area contributed by atoms with Gasteiger partial charge < -0.3 is 10.6 Å². The summed E-state index contributed by atoms with van der Waals surface area (Å²) in [6.45, 7) is 2.05. The van der Waals surface area contributed by atoms with Crippen LogP contribution >= 0.6 is 23.2 Å². The summed E-state index contributed by atoms with van der Waals surface area (Å²) in [6, 6.07) is 14.2. The Morgan fingerprint density at radius 2 is 1.73 bits per heavy atom. The molecule has 1 unspecified atom stereocenters. The number of likely N-dealkylation sites (N-methyl/N-ethyl adjacent to an activating group) is 1. The number of benzene rings is 2. The van der Waals surface area contributed by atoms with Gasteiger partial charge in [0.15, 0.2) is 0 Å². The van der Waals surface area contributed by atoms with Crippen molar-refractivity contribution in [1.82, 2.24) is 10.2 Å². The molecule has 0 saturated carbocycles. The molecule has 2 aromatic rings. The van der Waals surface area contributed by atoms with Gasteiger partial charge in [0, 0.05) is 5.02 Å². The van der Waals surface area contributed by atoms with E-state index in [9.17, 15) is 9.59 Å². The number of amides is 2. The third-order valence-corrected chi connectivity index (χ3v) is 4.27. The molecular formula is C19H21Cl2N3O2. The van der Waals surface area contributed by atoms with Crippen LogP contribution in [0.2, 0.25) is 10.0 Å². The number of hydrogen-bond acceptors (Lipinski definition) is 3. The molecule has 1 atom stereocenters. The lowest BCUT2D eigenvalue weighted by Crippen LogP contribution is -2.39. The predicted octanol–water partition coefficient (Wildman–Crippen LogP) is 3.74. The fourth-order valence-electron chi connectivity index (χ4n) is 2.44. The van der Waals surface area contributed by atoms with E-state index >= 15 is 0 Å². The number of para-hydroxylation sites is 1. The molecule has 2 aromatic carbocycles. The van der Waals surface area contributed by atoms with Crippen molar-refractivity contribution in [2.75, 3.05) is 25.5 Å². The van der Waals surface area contributed by atoms with Crippen molar-refractivity contribution in [1.29, 1.82) is 0 Å². The molecule has 0 aliphatic carbocycles. The molecule has 7 heteroatoms. The molecule has 0 saturated heterocycles. The van der Waals surface area contributed by atoms with E-state index in [-0.39, 0.29) is 30.9 Å². The van der Waals surface area contributed by atoms with Gasteiger partial charge in [0.05, 0.1) is 29.8 Å². The first-order chi connectivity index (χ1) is 12.3. The van der Waals surface area contributed by atoms with E-state index in [2.05, 4.69) is 10.6 Å². The summed E-state index contributed by atoms with van der Waals surface area (Å²) in [7, 11) is 1.70. The van der Waals surface area contributed by atoms with Crippen molar-refractivity contribution < 1.29 is 9.59 Å². The van der Waals surface area contributed by atoms with Crippen molar-refractivity contribution >= 4 is 40.7 Å². The van der Waals surface area contributed by atoms with Gasteiger partial charge in [-0.15, -0.1) is 0 Å². The van der Waals surface area contributed by atoms with Crippen LogP contribution in [-0.2, 0) is 9.59 Å². The van der Waals surface area contributed by atoms with Crippen molar-refractivity contribution in [2.45, 2.75) is 13.0 Å². The number of nitrogens with zero attached hydrogens (tertiary/aromatic N) is 1. The summed E-state index contributed by atoms with van der Waals surface area (Å²) < 4.78 is 0.